The Morgan fingerprint density at radius 1 is 1.25 bits per heavy atom. The highest BCUT2D eigenvalue weighted by molar-refractivity contribution is 5.21. The first-order chi connectivity index (χ1) is 9.78. The van der Waals surface area contributed by atoms with Gasteiger partial charge in [-0.25, -0.2) is 4.39 Å². The molecular weight excluding hydrogens is 249 g/mol. The van der Waals surface area contributed by atoms with E-state index in [4.69, 9.17) is 0 Å². The van der Waals surface area contributed by atoms with Gasteiger partial charge in [0.25, 0.3) is 0 Å². The number of hydrogen-bond acceptors (Lipinski definition) is 1. The fourth-order valence-electron chi connectivity index (χ4n) is 4.36. The fraction of sp³-hybridized carbons (Fsp3) is 0.667. The van der Waals surface area contributed by atoms with Crippen LogP contribution in [0.3, 0.4) is 0 Å². The summed E-state index contributed by atoms with van der Waals surface area (Å²) in [6.45, 7) is 3.14. The van der Waals surface area contributed by atoms with Gasteiger partial charge in [0.2, 0.25) is 0 Å². The Morgan fingerprint density at radius 2 is 2.10 bits per heavy atom. The van der Waals surface area contributed by atoms with Gasteiger partial charge >= 0.3 is 0 Å². The lowest BCUT2D eigenvalue weighted by Crippen LogP contribution is -2.27. The molecule has 110 valence electrons. The third kappa shape index (κ3) is 2.90. The van der Waals surface area contributed by atoms with Gasteiger partial charge in [-0.15, -0.1) is 0 Å². The van der Waals surface area contributed by atoms with Gasteiger partial charge in [0, 0.05) is 11.6 Å². The van der Waals surface area contributed by atoms with E-state index in [1.165, 1.54) is 25.7 Å². The van der Waals surface area contributed by atoms with E-state index in [9.17, 15) is 4.39 Å². The standard InChI is InChI=1S/C18H26FN/c1-2-9-20-18(16-5-3-4-6-17(16)19)12-15-11-13-7-8-14(15)10-13/h3-6,13-15,18,20H,2,7-12H2,1H3. The molecule has 3 rings (SSSR count). The van der Waals surface area contributed by atoms with Gasteiger partial charge in [0.1, 0.15) is 5.82 Å². The van der Waals surface area contributed by atoms with Crippen LogP contribution in [0.1, 0.15) is 57.1 Å². The van der Waals surface area contributed by atoms with Crippen LogP contribution in [0, 0.1) is 23.6 Å². The monoisotopic (exact) mass is 275 g/mol. The SMILES string of the molecule is CCCNC(CC1CC2CCC1C2)c1ccccc1F. The van der Waals surface area contributed by atoms with Crippen molar-refractivity contribution in [3.8, 4) is 0 Å². The van der Waals surface area contributed by atoms with Gasteiger partial charge in [-0.1, -0.05) is 31.5 Å². The van der Waals surface area contributed by atoms with Crippen molar-refractivity contribution in [3.05, 3.63) is 35.6 Å². The molecule has 2 saturated carbocycles. The lowest BCUT2D eigenvalue weighted by atomic mass is 9.82. The van der Waals surface area contributed by atoms with Crippen LogP contribution >= 0.6 is 0 Å². The van der Waals surface area contributed by atoms with Gasteiger partial charge in [-0.2, -0.15) is 0 Å². The normalized spacial score (nSPS) is 29.8. The van der Waals surface area contributed by atoms with Gasteiger partial charge in [0.15, 0.2) is 0 Å². The summed E-state index contributed by atoms with van der Waals surface area (Å²) in [5.74, 6) is 2.64. The number of hydrogen-bond donors (Lipinski definition) is 1. The highest BCUT2D eigenvalue weighted by Gasteiger charge is 2.40. The Balaban J connectivity index is 1.71. The Morgan fingerprint density at radius 3 is 2.75 bits per heavy atom. The van der Waals surface area contributed by atoms with E-state index in [-0.39, 0.29) is 11.9 Å². The van der Waals surface area contributed by atoms with E-state index in [0.29, 0.717) is 0 Å². The molecule has 4 atom stereocenters. The predicted molar refractivity (Wildman–Crippen MR) is 81.0 cm³/mol. The molecule has 2 fully saturated rings. The maximum Gasteiger partial charge on any atom is 0.127 e. The first-order valence-corrected chi connectivity index (χ1v) is 8.25. The van der Waals surface area contributed by atoms with E-state index < -0.39 is 0 Å². The molecule has 0 aliphatic heterocycles. The van der Waals surface area contributed by atoms with Crippen molar-refractivity contribution in [1.82, 2.24) is 5.32 Å². The number of benzene rings is 1. The van der Waals surface area contributed by atoms with Crippen molar-refractivity contribution in [2.45, 2.75) is 51.5 Å². The minimum atomic E-state index is -0.0516. The van der Waals surface area contributed by atoms with E-state index in [2.05, 4.69) is 12.2 Å². The maximum atomic E-state index is 14.1. The molecule has 2 bridgehead atoms. The minimum absolute atomic E-state index is 0.0516. The van der Waals surface area contributed by atoms with Crippen LogP contribution in [0.25, 0.3) is 0 Å². The summed E-state index contributed by atoms with van der Waals surface area (Å²) in [4.78, 5) is 0. The Bertz CT molecular complexity index is 445. The van der Waals surface area contributed by atoms with Gasteiger partial charge in [0.05, 0.1) is 0 Å². The molecule has 0 radical (unpaired) electrons. The fourth-order valence-corrected chi connectivity index (χ4v) is 4.36. The largest absolute Gasteiger partial charge is 0.310 e. The highest BCUT2D eigenvalue weighted by atomic mass is 19.1. The Kier molecular flexibility index (Phi) is 4.40. The van der Waals surface area contributed by atoms with Crippen LogP contribution in [-0.2, 0) is 0 Å². The smallest absolute Gasteiger partial charge is 0.127 e. The van der Waals surface area contributed by atoms with Crippen molar-refractivity contribution in [3.63, 3.8) is 0 Å². The minimum Gasteiger partial charge on any atom is -0.310 e. The van der Waals surface area contributed by atoms with Crippen molar-refractivity contribution >= 4 is 0 Å². The van der Waals surface area contributed by atoms with Gasteiger partial charge in [-0.3, -0.25) is 0 Å². The molecule has 4 unspecified atom stereocenters. The number of fused-ring (bicyclic) bond motifs is 2. The number of nitrogens with one attached hydrogen (secondary N) is 1. The molecule has 1 N–H and O–H groups in total. The summed E-state index contributed by atoms with van der Waals surface area (Å²) in [7, 11) is 0. The Labute approximate surface area is 122 Å². The molecular formula is C18H26FN. The van der Waals surface area contributed by atoms with Crippen molar-refractivity contribution in [1.29, 1.82) is 0 Å². The zero-order valence-corrected chi connectivity index (χ0v) is 12.4. The van der Waals surface area contributed by atoms with Crippen molar-refractivity contribution < 1.29 is 4.39 Å². The second-order valence-corrected chi connectivity index (χ2v) is 6.70. The molecule has 0 aromatic heterocycles. The van der Waals surface area contributed by atoms with E-state index >= 15 is 0 Å². The van der Waals surface area contributed by atoms with Crippen LogP contribution in [0.5, 0.6) is 0 Å². The number of rotatable bonds is 6. The lowest BCUT2D eigenvalue weighted by molar-refractivity contribution is 0.276. The zero-order chi connectivity index (χ0) is 13.9. The molecule has 20 heavy (non-hydrogen) atoms. The summed E-state index contributed by atoms with van der Waals surface area (Å²) >= 11 is 0. The third-order valence-electron chi connectivity index (χ3n) is 5.34. The topological polar surface area (TPSA) is 12.0 Å². The van der Waals surface area contributed by atoms with Gasteiger partial charge < -0.3 is 5.32 Å². The lowest BCUT2D eigenvalue weighted by Gasteiger charge is -2.28. The average Bonchev–Trinajstić information content (AvgIpc) is 3.06. The van der Waals surface area contributed by atoms with Crippen molar-refractivity contribution in [2.24, 2.45) is 17.8 Å². The molecule has 0 heterocycles. The van der Waals surface area contributed by atoms with E-state index in [1.54, 1.807) is 12.1 Å². The van der Waals surface area contributed by atoms with Crippen LogP contribution in [0.15, 0.2) is 24.3 Å². The summed E-state index contributed by atoms with van der Waals surface area (Å²) < 4.78 is 14.1. The molecule has 1 aromatic carbocycles. The van der Waals surface area contributed by atoms with Crippen molar-refractivity contribution in [2.75, 3.05) is 6.54 Å². The second-order valence-electron chi connectivity index (χ2n) is 6.70. The summed E-state index contributed by atoms with van der Waals surface area (Å²) in [5, 5.41) is 3.57. The maximum absolute atomic E-state index is 14.1. The first kappa shape index (κ1) is 14.1. The van der Waals surface area contributed by atoms with Crippen LogP contribution in [0.2, 0.25) is 0 Å². The van der Waals surface area contributed by atoms with Gasteiger partial charge in [-0.05, 0) is 62.5 Å². The summed E-state index contributed by atoms with van der Waals surface area (Å²) in [5.41, 5.74) is 0.865. The van der Waals surface area contributed by atoms with Crippen LogP contribution in [-0.4, -0.2) is 6.54 Å². The first-order valence-electron chi connectivity index (χ1n) is 8.25. The summed E-state index contributed by atoms with van der Waals surface area (Å²) in [6, 6.07) is 7.49. The third-order valence-corrected chi connectivity index (χ3v) is 5.34. The molecule has 2 aliphatic rings. The quantitative estimate of drug-likeness (QED) is 0.794. The average molecular weight is 275 g/mol. The molecule has 0 amide bonds. The molecule has 1 aromatic rings. The second kappa shape index (κ2) is 6.26. The molecule has 1 nitrogen and oxygen atoms in total. The molecule has 2 aliphatic carbocycles. The highest BCUT2D eigenvalue weighted by Crippen LogP contribution is 2.51. The van der Waals surface area contributed by atoms with E-state index in [1.807, 2.05) is 12.1 Å². The summed E-state index contributed by atoms with van der Waals surface area (Å²) in [6.07, 6.45) is 7.87. The molecule has 2 heteroatoms. The Hall–Kier alpha value is -0.890. The van der Waals surface area contributed by atoms with Crippen LogP contribution in [0.4, 0.5) is 4.39 Å². The molecule has 0 saturated heterocycles. The van der Waals surface area contributed by atoms with E-state index in [0.717, 1.165) is 42.7 Å². The zero-order valence-electron chi connectivity index (χ0n) is 12.4. The van der Waals surface area contributed by atoms with Crippen LogP contribution < -0.4 is 5.32 Å². The predicted octanol–water partition coefficient (Wildman–Crippen LogP) is 4.69. The molecule has 0 spiro atoms. The number of halogens is 1.